The van der Waals surface area contributed by atoms with Gasteiger partial charge in [-0.05, 0) is 56.1 Å². The zero-order valence-corrected chi connectivity index (χ0v) is 15.3. The number of nitrogens with zero attached hydrogens (tertiary/aromatic N) is 1. The van der Waals surface area contributed by atoms with Gasteiger partial charge in [0.05, 0.1) is 4.92 Å². The van der Waals surface area contributed by atoms with Crippen LogP contribution < -0.4 is 10.6 Å². The van der Waals surface area contributed by atoms with Crippen molar-refractivity contribution in [3.63, 3.8) is 0 Å². The molecule has 0 fully saturated rings. The fourth-order valence-electron chi connectivity index (χ4n) is 1.82. The molecule has 1 amide bonds. The van der Waals surface area contributed by atoms with E-state index in [9.17, 15) is 14.9 Å². The molecule has 1 aromatic carbocycles. The van der Waals surface area contributed by atoms with Gasteiger partial charge in [-0.25, -0.2) is 4.79 Å². The molecule has 0 aliphatic heterocycles. The molecule has 0 bridgehead atoms. The summed E-state index contributed by atoms with van der Waals surface area (Å²) in [6.45, 7) is 8.21. The topological polar surface area (TPSA) is 93.5 Å². The lowest BCUT2D eigenvalue weighted by atomic mass is 10.2. The molecule has 0 aromatic heterocycles. The van der Waals surface area contributed by atoms with E-state index in [-0.39, 0.29) is 5.69 Å². The summed E-state index contributed by atoms with van der Waals surface area (Å²) in [7, 11) is 0. The van der Waals surface area contributed by atoms with E-state index in [0.717, 1.165) is 5.69 Å². The summed E-state index contributed by atoms with van der Waals surface area (Å²) in [5.74, 6) is 0. The first kappa shape index (κ1) is 19.2. The van der Waals surface area contributed by atoms with Gasteiger partial charge in [0, 0.05) is 34.9 Å². The number of aryl methyl sites for hydroxylation is 1. The Hall–Kier alpha value is -1.83. The second kappa shape index (κ2) is 8.14. The number of nitrogens with one attached hydrogen (secondary N) is 2. The Bertz CT molecular complexity index is 585. The number of nitro groups is 1. The fraction of sp³-hybridized carbons (Fsp3) is 0.533. The van der Waals surface area contributed by atoms with E-state index in [4.69, 9.17) is 4.74 Å². The highest BCUT2D eigenvalue weighted by atomic mass is 79.9. The molecular weight excluding hydrogens is 366 g/mol. The lowest BCUT2D eigenvalue weighted by Gasteiger charge is -2.19. The maximum absolute atomic E-state index is 11.5. The molecule has 128 valence electrons. The molecule has 0 unspecified atom stereocenters. The average Bonchev–Trinajstić information content (AvgIpc) is 2.39. The summed E-state index contributed by atoms with van der Waals surface area (Å²) in [5.41, 5.74) is 0.940. The van der Waals surface area contributed by atoms with Gasteiger partial charge in [-0.3, -0.25) is 10.1 Å². The van der Waals surface area contributed by atoms with E-state index in [1.165, 1.54) is 6.07 Å². The molecule has 0 atom stereocenters. The van der Waals surface area contributed by atoms with Crippen LogP contribution in [0.15, 0.2) is 16.6 Å². The molecule has 0 aliphatic carbocycles. The molecule has 0 saturated heterocycles. The zero-order valence-electron chi connectivity index (χ0n) is 13.7. The quantitative estimate of drug-likeness (QED) is 0.437. The molecule has 0 spiro atoms. The Morgan fingerprint density at radius 3 is 2.57 bits per heavy atom. The highest BCUT2D eigenvalue weighted by molar-refractivity contribution is 9.10. The van der Waals surface area contributed by atoms with Crippen LogP contribution in [-0.2, 0) is 4.74 Å². The van der Waals surface area contributed by atoms with E-state index < -0.39 is 16.6 Å². The predicted molar refractivity (Wildman–Crippen MR) is 92.9 cm³/mol. The molecule has 0 saturated carbocycles. The van der Waals surface area contributed by atoms with Gasteiger partial charge in [0.25, 0.3) is 5.69 Å². The summed E-state index contributed by atoms with van der Waals surface area (Å²) in [6, 6.07) is 3.21. The van der Waals surface area contributed by atoms with Gasteiger partial charge >= 0.3 is 6.09 Å². The van der Waals surface area contributed by atoms with Gasteiger partial charge in [-0.1, -0.05) is 0 Å². The van der Waals surface area contributed by atoms with Crippen LogP contribution in [0, 0.1) is 17.0 Å². The van der Waals surface area contributed by atoms with Crippen LogP contribution in [-0.4, -0.2) is 29.7 Å². The summed E-state index contributed by atoms with van der Waals surface area (Å²) in [5, 5.41) is 16.7. The van der Waals surface area contributed by atoms with Crippen molar-refractivity contribution in [2.45, 2.75) is 39.7 Å². The molecule has 0 heterocycles. The third-order valence-electron chi connectivity index (χ3n) is 2.82. The van der Waals surface area contributed by atoms with Gasteiger partial charge in [0.2, 0.25) is 0 Å². The standard InChI is InChI=1S/C15H22BrN3O4/c1-10-8-12(11(16)9-13(10)19(21)22)17-6-5-7-18-14(20)23-15(2,3)4/h8-9,17H,5-7H2,1-4H3,(H,18,20). The normalized spacial score (nSPS) is 11.0. The molecule has 8 heteroatoms. The molecule has 1 aromatic rings. The summed E-state index contributed by atoms with van der Waals surface area (Å²) >= 11 is 3.32. The molecule has 1 rings (SSSR count). The Morgan fingerprint density at radius 2 is 2.00 bits per heavy atom. The maximum atomic E-state index is 11.5. The number of alkyl carbamates (subject to hydrolysis) is 1. The molecule has 0 radical (unpaired) electrons. The van der Waals surface area contributed by atoms with Crippen molar-refractivity contribution in [3.05, 3.63) is 32.3 Å². The van der Waals surface area contributed by atoms with Gasteiger partial charge in [0.15, 0.2) is 0 Å². The maximum Gasteiger partial charge on any atom is 0.407 e. The first-order chi connectivity index (χ1) is 10.6. The van der Waals surface area contributed by atoms with E-state index in [2.05, 4.69) is 26.6 Å². The first-order valence-corrected chi connectivity index (χ1v) is 8.04. The highest BCUT2D eigenvalue weighted by Gasteiger charge is 2.16. The van der Waals surface area contributed by atoms with Gasteiger partial charge < -0.3 is 15.4 Å². The summed E-state index contributed by atoms with van der Waals surface area (Å²) in [6.07, 6.45) is 0.256. The van der Waals surface area contributed by atoms with E-state index >= 15 is 0 Å². The molecule has 2 N–H and O–H groups in total. The third kappa shape index (κ3) is 6.85. The van der Waals surface area contributed by atoms with Crippen molar-refractivity contribution >= 4 is 33.4 Å². The van der Waals surface area contributed by atoms with Crippen molar-refractivity contribution in [2.75, 3.05) is 18.4 Å². The Kier molecular flexibility index (Phi) is 6.80. The average molecular weight is 388 g/mol. The SMILES string of the molecule is Cc1cc(NCCCNC(=O)OC(C)(C)C)c(Br)cc1[N+](=O)[O-]. The number of rotatable bonds is 6. The predicted octanol–water partition coefficient (Wildman–Crippen LogP) is 3.99. The number of carbonyl (C=O) groups excluding carboxylic acids is 1. The molecular formula is C15H22BrN3O4. The van der Waals surface area contributed by atoms with Crippen LogP contribution in [0.25, 0.3) is 0 Å². The van der Waals surface area contributed by atoms with Gasteiger partial charge in [-0.15, -0.1) is 0 Å². The third-order valence-corrected chi connectivity index (χ3v) is 3.48. The summed E-state index contributed by atoms with van der Waals surface area (Å²) < 4.78 is 5.77. The highest BCUT2D eigenvalue weighted by Crippen LogP contribution is 2.30. The van der Waals surface area contributed by atoms with Crippen molar-refractivity contribution in [2.24, 2.45) is 0 Å². The molecule has 7 nitrogen and oxygen atoms in total. The van der Waals surface area contributed by atoms with Crippen LogP contribution >= 0.6 is 15.9 Å². The van der Waals surface area contributed by atoms with Crippen molar-refractivity contribution in [1.29, 1.82) is 0 Å². The van der Waals surface area contributed by atoms with Crippen molar-refractivity contribution in [1.82, 2.24) is 5.32 Å². The lowest BCUT2D eigenvalue weighted by Crippen LogP contribution is -2.33. The zero-order chi connectivity index (χ0) is 17.6. The monoisotopic (exact) mass is 387 g/mol. The number of anilines is 1. The van der Waals surface area contributed by atoms with Crippen LogP contribution in [0.5, 0.6) is 0 Å². The number of halogens is 1. The van der Waals surface area contributed by atoms with Crippen LogP contribution in [0.3, 0.4) is 0 Å². The molecule has 23 heavy (non-hydrogen) atoms. The summed E-state index contributed by atoms with van der Waals surface area (Å²) in [4.78, 5) is 21.9. The number of hydrogen-bond donors (Lipinski definition) is 2. The number of ether oxygens (including phenoxy) is 1. The van der Waals surface area contributed by atoms with E-state index in [1.54, 1.807) is 13.0 Å². The largest absolute Gasteiger partial charge is 0.444 e. The minimum Gasteiger partial charge on any atom is -0.444 e. The van der Waals surface area contributed by atoms with Crippen LogP contribution in [0.1, 0.15) is 32.8 Å². The van der Waals surface area contributed by atoms with E-state index in [0.29, 0.717) is 29.5 Å². The van der Waals surface area contributed by atoms with Crippen LogP contribution in [0.2, 0.25) is 0 Å². The number of amides is 1. The second-order valence-corrected chi connectivity index (χ2v) is 6.94. The Labute approximate surface area is 144 Å². The number of benzene rings is 1. The fourth-order valence-corrected chi connectivity index (χ4v) is 2.29. The lowest BCUT2D eigenvalue weighted by molar-refractivity contribution is -0.385. The van der Waals surface area contributed by atoms with Crippen molar-refractivity contribution in [3.8, 4) is 0 Å². The second-order valence-electron chi connectivity index (χ2n) is 6.08. The van der Waals surface area contributed by atoms with Gasteiger partial charge in [-0.2, -0.15) is 0 Å². The number of carbonyl (C=O) groups is 1. The first-order valence-electron chi connectivity index (χ1n) is 7.25. The van der Waals surface area contributed by atoms with Crippen LogP contribution in [0.4, 0.5) is 16.2 Å². The van der Waals surface area contributed by atoms with Crippen molar-refractivity contribution < 1.29 is 14.5 Å². The van der Waals surface area contributed by atoms with E-state index in [1.807, 2.05) is 20.8 Å². The number of hydrogen-bond acceptors (Lipinski definition) is 5. The van der Waals surface area contributed by atoms with Gasteiger partial charge in [0.1, 0.15) is 5.60 Å². The Morgan fingerprint density at radius 1 is 1.35 bits per heavy atom. The minimum absolute atomic E-state index is 0.0778. The smallest absolute Gasteiger partial charge is 0.407 e. The molecule has 0 aliphatic rings. The Balaban J connectivity index is 2.41. The number of nitro benzene ring substituents is 1. The minimum atomic E-state index is -0.510.